The third-order valence-corrected chi connectivity index (χ3v) is 10.8. The predicted octanol–water partition coefficient (Wildman–Crippen LogP) is 7.96. The van der Waals surface area contributed by atoms with Gasteiger partial charge in [-0.25, -0.2) is 24.3 Å². The Morgan fingerprint density at radius 3 is 1.78 bits per heavy atom. The third kappa shape index (κ3) is 7.93. The SMILES string of the molecule is Cc1ccc2c(N3CC[C@@H](N)C3)nc(-c3ccccc3O)nc2c1.Cc1ccc2c(N3CC[C@@H](NC(=O)c4c(F)cccc4Cl)C3)nc(-c3ccccc3O)nc2c1. The highest BCUT2D eigenvalue weighted by molar-refractivity contribution is 6.33. The topological polar surface area (TPSA) is 154 Å². The Balaban J connectivity index is 0.000000172. The molecule has 4 heterocycles. The highest BCUT2D eigenvalue weighted by Crippen LogP contribution is 2.35. The lowest BCUT2D eigenvalue weighted by Gasteiger charge is -2.21. The number of benzene rings is 5. The minimum atomic E-state index is -0.649. The van der Waals surface area contributed by atoms with Gasteiger partial charge in [-0.1, -0.05) is 54.1 Å². The maximum Gasteiger partial charge on any atom is 0.256 e. The summed E-state index contributed by atoms with van der Waals surface area (Å²) >= 11 is 6.05. The number of nitrogens with two attached hydrogens (primary N) is 1. The van der Waals surface area contributed by atoms with Crippen LogP contribution in [0.15, 0.2) is 103 Å². The molecule has 2 aromatic heterocycles. The Bertz CT molecular complexity index is 2660. The normalized spacial score (nSPS) is 16.4. The summed E-state index contributed by atoms with van der Waals surface area (Å²) in [7, 11) is 0. The number of anilines is 2. The van der Waals surface area contributed by atoms with Crippen molar-refractivity contribution in [2.24, 2.45) is 5.73 Å². The van der Waals surface area contributed by atoms with E-state index in [4.69, 9.17) is 32.3 Å². The molecule has 0 bridgehead atoms. The van der Waals surface area contributed by atoms with Crippen molar-refractivity contribution in [3.05, 3.63) is 131 Å². The highest BCUT2D eigenvalue weighted by Gasteiger charge is 2.29. The third-order valence-electron chi connectivity index (χ3n) is 10.5. The molecule has 0 radical (unpaired) electrons. The van der Waals surface area contributed by atoms with Gasteiger partial charge < -0.3 is 31.1 Å². The van der Waals surface area contributed by atoms with Gasteiger partial charge in [-0.2, -0.15) is 0 Å². The Morgan fingerprint density at radius 1 is 0.724 bits per heavy atom. The second-order valence-corrected chi connectivity index (χ2v) is 15.2. The Morgan fingerprint density at radius 2 is 1.26 bits per heavy atom. The maximum absolute atomic E-state index is 14.2. The molecular formula is C45H42ClFN8O3. The zero-order valence-corrected chi connectivity index (χ0v) is 32.8. The number of aromatic hydroxyl groups is 2. The largest absolute Gasteiger partial charge is 0.507 e. The highest BCUT2D eigenvalue weighted by atomic mass is 35.5. The van der Waals surface area contributed by atoms with E-state index in [1.54, 1.807) is 30.3 Å². The summed E-state index contributed by atoms with van der Waals surface area (Å²) in [5, 5.41) is 25.4. The van der Waals surface area contributed by atoms with Crippen molar-refractivity contribution in [3.63, 3.8) is 0 Å². The number of carbonyl (C=O) groups is 1. The van der Waals surface area contributed by atoms with Crippen molar-refractivity contribution in [3.8, 4) is 34.3 Å². The van der Waals surface area contributed by atoms with Gasteiger partial charge in [-0.3, -0.25) is 4.79 Å². The zero-order valence-electron chi connectivity index (χ0n) is 32.0. The van der Waals surface area contributed by atoms with Crippen molar-refractivity contribution in [2.75, 3.05) is 36.0 Å². The van der Waals surface area contributed by atoms with Crippen LogP contribution in [0.4, 0.5) is 16.0 Å². The van der Waals surface area contributed by atoms with Crippen LogP contribution >= 0.6 is 11.6 Å². The molecular weight excluding hydrogens is 755 g/mol. The Labute approximate surface area is 340 Å². The second kappa shape index (κ2) is 16.2. The Hall–Kier alpha value is -6.37. The molecule has 2 fully saturated rings. The summed E-state index contributed by atoms with van der Waals surface area (Å²) in [5.41, 5.74) is 11.0. The van der Waals surface area contributed by atoms with Gasteiger partial charge in [0, 0.05) is 49.0 Å². The van der Waals surface area contributed by atoms with Gasteiger partial charge >= 0.3 is 0 Å². The summed E-state index contributed by atoms with van der Waals surface area (Å²) in [4.78, 5) is 36.0. The molecule has 5 N–H and O–H groups in total. The van der Waals surface area contributed by atoms with E-state index >= 15 is 0 Å². The van der Waals surface area contributed by atoms with Gasteiger partial charge in [0.25, 0.3) is 5.91 Å². The number of rotatable bonds is 6. The van der Waals surface area contributed by atoms with Crippen molar-refractivity contribution >= 4 is 50.9 Å². The van der Waals surface area contributed by atoms with Crippen LogP contribution in [0.5, 0.6) is 11.5 Å². The number of halogens is 2. The number of nitrogens with zero attached hydrogens (tertiary/aromatic N) is 6. The van der Waals surface area contributed by atoms with Crippen molar-refractivity contribution in [1.29, 1.82) is 0 Å². The molecule has 0 spiro atoms. The number of hydrogen-bond acceptors (Lipinski definition) is 10. The van der Waals surface area contributed by atoms with Crippen LogP contribution < -0.4 is 20.9 Å². The summed E-state index contributed by atoms with van der Waals surface area (Å²) in [6.45, 7) is 6.87. The lowest BCUT2D eigenvalue weighted by Crippen LogP contribution is -2.37. The first kappa shape index (κ1) is 38.5. The fourth-order valence-electron chi connectivity index (χ4n) is 7.52. The summed E-state index contributed by atoms with van der Waals surface area (Å²) < 4.78 is 14.2. The molecule has 58 heavy (non-hydrogen) atoms. The predicted molar refractivity (Wildman–Crippen MR) is 227 cm³/mol. The van der Waals surface area contributed by atoms with E-state index in [0.717, 1.165) is 64.1 Å². The average Bonchev–Trinajstić information content (AvgIpc) is 3.86. The maximum atomic E-state index is 14.2. The molecule has 1 amide bonds. The Kier molecular flexibility index (Phi) is 10.8. The smallest absolute Gasteiger partial charge is 0.256 e. The number of carbonyl (C=O) groups excluding carboxylic acids is 1. The molecule has 0 saturated carbocycles. The lowest BCUT2D eigenvalue weighted by molar-refractivity contribution is 0.0936. The van der Waals surface area contributed by atoms with Crippen molar-refractivity contribution in [1.82, 2.24) is 25.3 Å². The molecule has 13 heteroatoms. The van der Waals surface area contributed by atoms with Gasteiger partial charge in [-0.05, 0) is 98.5 Å². The standard InChI is InChI=1S/C26H22ClFN4O2.C19H20N4O/c1-15-9-10-17-21(13-15)30-24(18-5-2-3-8-22(18)33)31-25(17)32-12-11-16(14-32)29-26(34)23-19(27)6-4-7-20(23)28;1-12-6-7-14-16(10-12)21-18(15-4-2-3-5-17(15)24)22-19(14)23-9-8-13(20)11-23/h2-10,13,16,33H,11-12,14H2,1H3,(H,29,34);2-7,10,13,24H,8-9,11,20H2,1H3/t16-;13-/m11/s1. The molecule has 294 valence electrons. The molecule has 7 aromatic rings. The molecule has 5 aromatic carbocycles. The van der Waals surface area contributed by atoms with E-state index in [2.05, 4.69) is 38.3 Å². The van der Waals surface area contributed by atoms with Crippen LogP contribution in [0.2, 0.25) is 5.02 Å². The monoisotopic (exact) mass is 796 g/mol. The minimum absolute atomic E-state index is 0.0804. The molecule has 2 atom stereocenters. The van der Waals surface area contributed by atoms with Crippen LogP contribution in [0.25, 0.3) is 44.6 Å². The number of aryl methyl sites for hydroxylation is 2. The molecule has 11 nitrogen and oxygen atoms in total. The second-order valence-electron chi connectivity index (χ2n) is 14.8. The van der Waals surface area contributed by atoms with E-state index in [1.165, 1.54) is 18.2 Å². The van der Waals surface area contributed by atoms with E-state index in [1.807, 2.05) is 50.2 Å². The number of amides is 1. The van der Waals surface area contributed by atoms with Crippen LogP contribution in [-0.2, 0) is 0 Å². The molecule has 0 aliphatic carbocycles. The van der Waals surface area contributed by atoms with Gasteiger partial charge in [0.05, 0.1) is 32.7 Å². The average molecular weight is 797 g/mol. The first-order chi connectivity index (χ1) is 28.0. The van der Waals surface area contributed by atoms with Crippen LogP contribution in [0, 0.1) is 19.7 Å². The van der Waals surface area contributed by atoms with Gasteiger partial charge in [0.15, 0.2) is 11.6 Å². The van der Waals surface area contributed by atoms with Gasteiger partial charge in [0.2, 0.25) is 0 Å². The van der Waals surface area contributed by atoms with Crippen LogP contribution in [0.3, 0.4) is 0 Å². The van der Waals surface area contributed by atoms with Gasteiger partial charge in [0.1, 0.15) is 29.0 Å². The van der Waals surface area contributed by atoms with Crippen LogP contribution in [-0.4, -0.2) is 74.3 Å². The van der Waals surface area contributed by atoms with Crippen molar-refractivity contribution < 1.29 is 19.4 Å². The molecule has 0 unspecified atom stereocenters. The van der Waals surface area contributed by atoms with Gasteiger partial charge in [-0.15, -0.1) is 0 Å². The number of nitrogens with one attached hydrogen (secondary N) is 1. The number of fused-ring (bicyclic) bond motifs is 2. The fraction of sp³-hybridized carbons (Fsp3) is 0.222. The molecule has 2 saturated heterocycles. The molecule has 2 aliphatic heterocycles. The van der Waals surface area contributed by atoms with Crippen molar-refractivity contribution in [2.45, 2.75) is 38.8 Å². The first-order valence-electron chi connectivity index (χ1n) is 19.2. The first-order valence-corrected chi connectivity index (χ1v) is 19.5. The summed E-state index contributed by atoms with van der Waals surface area (Å²) in [6.07, 6.45) is 1.63. The van der Waals surface area contributed by atoms with E-state index in [0.29, 0.717) is 42.3 Å². The minimum Gasteiger partial charge on any atom is -0.507 e. The lowest BCUT2D eigenvalue weighted by atomic mass is 10.1. The number of para-hydroxylation sites is 2. The fourth-order valence-corrected chi connectivity index (χ4v) is 7.77. The van der Waals surface area contributed by atoms with E-state index < -0.39 is 11.7 Å². The van der Waals surface area contributed by atoms with Crippen LogP contribution in [0.1, 0.15) is 34.3 Å². The summed E-state index contributed by atoms with van der Waals surface area (Å²) in [6, 6.07) is 30.5. The number of phenolic OH excluding ortho intramolecular Hbond substituents is 2. The number of hydrogen-bond donors (Lipinski definition) is 4. The summed E-state index contributed by atoms with van der Waals surface area (Å²) in [5.74, 6) is 1.70. The van der Waals surface area contributed by atoms with E-state index in [-0.39, 0.29) is 34.2 Å². The number of phenols is 2. The van der Waals surface area contributed by atoms with E-state index in [9.17, 15) is 19.4 Å². The molecule has 9 rings (SSSR count). The quantitative estimate of drug-likeness (QED) is 0.130. The molecule has 2 aliphatic rings. The number of aromatic nitrogens is 4. The zero-order chi connectivity index (χ0) is 40.5.